The van der Waals surface area contributed by atoms with E-state index in [1.807, 2.05) is 0 Å². The summed E-state index contributed by atoms with van der Waals surface area (Å²) in [5.41, 5.74) is 0.265. The molecule has 0 unspecified atom stereocenters. The van der Waals surface area contributed by atoms with Gasteiger partial charge in [0.1, 0.15) is 5.60 Å². The molecule has 0 N–H and O–H groups in total. The highest BCUT2D eigenvalue weighted by Crippen LogP contribution is 2.33. The summed E-state index contributed by atoms with van der Waals surface area (Å²) in [5, 5.41) is 0. The summed E-state index contributed by atoms with van der Waals surface area (Å²) in [4.78, 5) is 12.1. The standard InChI is InChI=1S/C20H38O2/c1-6-9-12-15-20(16-13-10-7-2,17-14-11-8-3)22-19(21)18(4)5/h4,6-17H2,1-3,5H3. The molecule has 2 nitrogen and oxygen atoms in total. The van der Waals surface area contributed by atoms with Crippen molar-refractivity contribution in [3.63, 3.8) is 0 Å². The molecule has 0 aromatic carbocycles. The minimum Gasteiger partial charge on any atom is -0.456 e. The Kier molecular flexibility index (Phi) is 12.3. The molecule has 2 heteroatoms. The number of ether oxygens (including phenoxy) is 1. The predicted molar refractivity (Wildman–Crippen MR) is 96.1 cm³/mol. The molecule has 0 aromatic heterocycles. The molecule has 0 radical (unpaired) electrons. The summed E-state index contributed by atoms with van der Waals surface area (Å²) in [6.07, 6.45) is 13.7. The van der Waals surface area contributed by atoms with Gasteiger partial charge in [0.15, 0.2) is 0 Å². The van der Waals surface area contributed by atoms with Crippen molar-refractivity contribution in [3.05, 3.63) is 12.2 Å². The van der Waals surface area contributed by atoms with Gasteiger partial charge in [0.2, 0.25) is 0 Å². The van der Waals surface area contributed by atoms with Crippen molar-refractivity contribution in [2.24, 2.45) is 0 Å². The van der Waals surface area contributed by atoms with Gasteiger partial charge in [0.05, 0.1) is 0 Å². The Balaban J connectivity index is 4.91. The second-order valence-corrected chi connectivity index (χ2v) is 6.72. The largest absolute Gasteiger partial charge is 0.456 e. The highest BCUT2D eigenvalue weighted by Gasteiger charge is 2.32. The maximum atomic E-state index is 12.1. The van der Waals surface area contributed by atoms with Gasteiger partial charge in [-0.1, -0.05) is 65.9 Å². The van der Waals surface area contributed by atoms with Crippen LogP contribution in [0, 0.1) is 0 Å². The molecule has 0 saturated heterocycles. The van der Waals surface area contributed by atoms with Crippen LogP contribution in [0.1, 0.15) is 105 Å². The molecule has 0 fully saturated rings. The summed E-state index contributed by atoms with van der Waals surface area (Å²) in [7, 11) is 0. The Morgan fingerprint density at radius 3 is 1.45 bits per heavy atom. The van der Waals surface area contributed by atoms with E-state index in [0.29, 0.717) is 5.57 Å². The maximum absolute atomic E-state index is 12.1. The van der Waals surface area contributed by atoms with Crippen LogP contribution >= 0.6 is 0 Å². The van der Waals surface area contributed by atoms with Crippen LogP contribution in [0.25, 0.3) is 0 Å². The summed E-state index contributed by atoms with van der Waals surface area (Å²) in [6.45, 7) is 12.2. The first-order valence-corrected chi connectivity index (χ1v) is 9.40. The molecule has 130 valence electrons. The Bertz CT molecular complexity index is 280. The second-order valence-electron chi connectivity index (χ2n) is 6.72. The van der Waals surface area contributed by atoms with Crippen LogP contribution in [0.5, 0.6) is 0 Å². The fourth-order valence-electron chi connectivity index (χ4n) is 2.90. The SMILES string of the molecule is C=C(C)C(=O)OC(CCCCC)(CCCCC)CCCCC. The lowest BCUT2D eigenvalue weighted by atomic mass is 9.85. The van der Waals surface area contributed by atoms with Gasteiger partial charge in [0, 0.05) is 5.57 Å². The summed E-state index contributed by atoms with van der Waals surface area (Å²) < 4.78 is 6.00. The fourth-order valence-corrected chi connectivity index (χ4v) is 2.90. The highest BCUT2D eigenvalue weighted by molar-refractivity contribution is 5.87. The van der Waals surface area contributed by atoms with Gasteiger partial charge in [0.25, 0.3) is 0 Å². The Hall–Kier alpha value is -0.790. The molecule has 0 rings (SSSR count). The zero-order valence-corrected chi connectivity index (χ0v) is 15.5. The van der Waals surface area contributed by atoms with Crippen molar-refractivity contribution in [2.75, 3.05) is 0 Å². The lowest BCUT2D eigenvalue weighted by molar-refractivity contribution is -0.158. The smallest absolute Gasteiger partial charge is 0.333 e. The van der Waals surface area contributed by atoms with E-state index in [9.17, 15) is 4.79 Å². The maximum Gasteiger partial charge on any atom is 0.333 e. The molecule has 0 atom stereocenters. The third-order valence-electron chi connectivity index (χ3n) is 4.37. The zero-order valence-electron chi connectivity index (χ0n) is 15.5. The average molecular weight is 311 g/mol. The molecule has 0 aliphatic rings. The molecule has 0 bridgehead atoms. The first kappa shape index (κ1) is 21.2. The number of carbonyl (C=O) groups is 1. The molecule has 0 aliphatic carbocycles. The van der Waals surface area contributed by atoms with Crippen LogP contribution in [-0.4, -0.2) is 11.6 Å². The van der Waals surface area contributed by atoms with Crippen molar-refractivity contribution in [2.45, 2.75) is 110 Å². The van der Waals surface area contributed by atoms with Crippen molar-refractivity contribution >= 4 is 5.97 Å². The van der Waals surface area contributed by atoms with E-state index < -0.39 is 0 Å². The van der Waals surface area contributed by atoms with E-state index in [2.05, 4.69) is 27.4 Å². The number of hydrogen-bond donors (Lipinski definition) is 0. The minimum absolute atomic E-state index is 0.204. The van der Waals surface area contributed by atoms with Crippen LogP contribution in [0.4, 0.5) is 0 Å². The molecule has 0 aliphatic heterocycles. The van der Waals surface area contributed by atoms with Gasteiger partial charge in [-0.2, -0.15) is 0 Å². The Morgan fingerprint density at radius 1 is 0.818 bits per heavy atom. The van der Waals surface area contributed by atoms with Gasteiger partial charge >= 0.3 is 5.97 Å². The number of carbonyl (C=O) groups excluding carboxylic acids is 1. The topological polar surface area (TPSA) is 26.3 Å². The lowest BCUT2D eigenvalue weighted by Gasteiger charge is -2.34. The average Bonchev–Trinajstić information content (AvgIpc) is 2.48. The molecule has 0 amide bonds. The summed E-state index contributed by atoms with van der Waals surface area (Å²) >= 11 is 0. The van der Waals surface area contributed by atoms with E-state index in [4.69, 9.17) is 4.74 Å². The third kappa shape index (κ3) is 9.27. The lowest BCUT2D eigenvalue weighted by Crippen LogP contribution is -2.35. The predicted octanol–water partition coefficient (Wildman–Crippen LogP) is 6.59. The molecule has 0 heterocycles. The normalized spacial score (nSPS) is 11.5. The molecule has 0 saturated carbocycles. The van der Waals surface area contributed by atoms with E-state index >= 15 is 0 Å². The summed E-state index contributed by atoms with van der Waals surface area (Å²) in [6, 6.07) is 0. The van der Waals surface area contributed by atoms with Crippen LogP contribution in [0.15, 0.2) is 12.2 Å². The number of unbranched alkanes of at least 4 members (excludes halogenated alkanes) is 6. The van der Waals surface area contributed by atoms with Crippen LogP contribution in [-0.2, 0) is 9.53 Å². The fraction of sp³-hybridized carbons (Fsp3) is 0.850. The van der Waals surface area contributed by atoms with Crippen molar-refractivity contribution in [1.29, 1.82) is 0 Å². The van der Waals surface area contributed by atoms with Gasteiger partial charge in [-0.15, -0.1) is 0 Å². The van der Waals surface area contributed by atoms with Crippen molar-refractivity contribution < 1.29 is 9.53 Å². The number of hydrogen-bond acceptors (Lipinski definition) is 2. The first-order valence-electron chi connectivity index (χ1n) is 9.40. The van der Waals surface area contributed by atoms with Crippen LogP contribution < -0.4 is 0 Å². The molecule has 0 spiro atoms. The quantitative estimate of drug-likeness (QED) is 0.206. The number of esters is 1. The minimum atomic E-state index is -0.254. The highest BCUT2D eigenvalue weighted by atomic mass is 16.6. The Morgan fingerprint density at radius 2 is 1.18 bits per heavy atom. The number of rotatable bonds is 14. The summed E-state index contributed by atoms with van der Waals surface area (Å²) in [5.74, 6) is -0.204. The monoisotopic (exact) mass is 310 g/mol. The second kappa shape index (κ2) is 12.7. The van der Waals surface area contributed by atoms with Gasteiger partial charge in [-0.05, 0) is 45.4 Å². The molecule has 22 heavy (non-hydrogen) atoms. The van der Waals surface area contributed by atoms with Crippen molar-refractivity contribution in [3.8, 4) is 0 Å². The molecule has 0 aromatic rings. The van der Waals surface area contributed by atoms with Gasteiger partial charge in [-0.25, -0.2) is 4.79 Å². The zero-order chi connectivity index (χ0) is 16.8. The van der Waals surface area contributed by atoms with Gasteiger partial charge in [-0.3, -0.25) is 0 Å². The Labute approximate surface area is 138 Å². The van der Waals surface area contributed by atoms with Crippen molar-refractivity contribution in [1.82, 2.24) is 0 Å². The van der Waals surface area contributed by atoms with E-state index in [0.717, 1.165) is 38.5 Å². The van der Waals surface area contributed by atoms with Crippen LogP contribution in [0.3, 0.4) is 0 Å². The third-order valence-corrected chi connectivity index (χ3v) is 4.37. The van der Waals surface area contributed by atoms with E-state index in [1.54, 1.807) is 6.92 Å². The van der Waals surface area contributed by atoms with Crippen LogP contribution in [0.2, 0.25) is 0 Å². The first-order chi connectivity index (χ1) is 10.5. The van der Waals surface area contributed by atoms with E-state index in [1.165, 1.54) is 38.5 Å². The molecular weight excluding hydrogens is 272 g/mol. The van der Waals surface area contributed by atoms with Gasteiger partial charge < -0.3 is 4.74 Å². The van der Waals surface area contributed by atoms with E-state index in [-0.39, 0.29) is 11.6 Å². The molecular formula is C20H38O2.